The number of aromatic nitrogens is 1. The molecule has 0 bridgehead atoms. The molecule has 1 aromatic heterocycles. The minimum Gasteiger partial charge on any atom is -0.494 e. The van der Waals surface area contributed by atoms with Crippen molar-refractivity contribution in [2.24, 2.45) is 0 Å². The van der Waals surface area contributed by atoms with Gasteiger partial charge in [-0.2, -0.15) is 0 Å². The predicted molar refractivity (Wildman–Crippen MR) is 88.2 cm³/mol. The van der Waals surface area contributed by atoms with Crippen LogP contribution < -0.4 is 15.4 Å². The molecule has 22 heavy (non-hydrogen) atoms. The van der Waals surface area contributed by atoms with Crippen molar-refractivity contribution in [2.45, 2.75) is 33.4 Å². The Morgan fingerprint density at radius 2 is 2.18 bits per heavy atom. The zero-order valence-corrected chi connectivity index (χ0v) is 13.9. The molecule has 2 N–H and O–H groups in total. The number of nitrogens with zero attached hydrogens (tertiary/aromatic N) is 1. The summed E-state index contributed by atoms with van der Waals surface area (Å²) in [6.45, 7) is 6.83. The molecule has 6 heteroatoms. The number of carbonyl (C=O) groups excluding carboxylic acids is 1. The SMILES string of the molecule is CCOc1ccccc1CNC(=O)N[C@H](C)c1nc(C)cs1. The largest absolute Gasteiger partial charge is 0.494 e. The van der Waals surface area contributed by atoms with Gasteiger partial charge in [-0.3, -0.25) is 0 Å². The fourth-order valence-electron chi connectivity index (χ4n) is 2.00. The van der Waals surface area contributed by atoms with E-state index >= 15 is 0 Å². The van der Waals surface area contributed by atoms with Crippen LogP contribution in [0.15, 0.2) is 29.6 Å². The van der Waals surface area contributed by atoms with Crippen molar-refractivity contribution >= 4 is 17.4 Å². The summed E-state index contributed by atoms with van der Waals surface area (Å²) in [5.41, 5.74) is 1.93. The van der Waals surface area contributed by atoms with E-state index in [0.717, 1.165) is 22.0 Å². The van der Waals surface area contributed by atoms with Gasteiger partial charge in [0.15, 0.2) is 0 Å². The topological polar surface area (TPSA) is 63.2 Å². The van der Waals surface area contributed by atoms with Gasteiger partial charge >= 0.3 is 6.03 Å². The van der Waals surface area contributed by atoms with E-state index in [4.69, 9.17) is 4.74 Å². The highest BCUT2D eigenvalue weighted by atomic mass is 32.1. The molecule has 1 atom stereocenters. The van der Waals surface area contributed by atoms with Crippen LogP contribution in [-0.2, 0) is 6.54 Å². The maximum atomic E-state index is 12.0. The molecule has 5 nitrogen and oxygen atoms in total. The average Bonchev–Trinajstić information content (AvgIpc) is 2.93. The summed E-state index contributed by atoms with van der Waals surface area (Å²) in [5.74, 6) is 0.800. The first kappa shape index (κ1) is 16.3. The summed E-state index contributed by atoms with van der Waals surface area (Å²) < 4.78 is 5.54. The second kappa shape index (κ2) is 7.79. The van der Waals surface area contributed by atoms with E-state index in [0.29, 0.717) is 13.2 Å². The van der Waals surface area contributed by atoms with Gasteiger partial charge in [-0.05, 0) is 26.8 Å². The number of amides is 2. The fourth-order valence-corrected chi connectivity index (χ4v) is 2.81. The zero-order valence-electron chi connectivity index (χ0n) is 13.1. The number of hydrogen-bond acceptors (Lipinski definition) is 4. The average molecular weight is 319 g/mol. The summed E-state index contributed by atoms with van der Waals surface area (Å²) in [5, 5.41) is 8.62. The zero-order chi connectivity index (χ0) is 15.9. The Hall–Kier alpha value is -2.08. The Bertz CT molecular complexity index is 627. The van der Waals surface area contributed by atoms with Gasteiger partial charge in [0.1, 0.15) is 10.8 Å². The van der Waals surface area contributed by atoms with Crippen molar-refractivity contribution in [3.63, 3.8) is 0 Å². The van der Waals surface area contributed by atoms with Gasteiger partial charge in [0.2, 0.25) is 0 Å². The van der Waals surface area contributed by atoms with Crippen LogP contribution in [0.25, 0.3) is 0 Å². The summed E-state index contributed by atoms with van der Waals surface area (Å²) >= 11 is 1.55. The van der Waals surface area contributed by atoms with Gasteiger partial charge in [-0.15, -0.1) is 11.3 Å². The van der Waals surface area contributed by atoms with Gasteiger partial charge in [0.25, 0.3) is 0 Å². The number of para-hydroxylation sites is 1. The van der Waals surface area contributed by atoms with Crippen LogP contribution in [0.2, 0.25) is 0 Å². The van der Waals surface area contributed by atoms with E-state index in [-0.39, 0.29) is 12.1 Å². The van der Waals surface area contributed by atoms with Crippen molar-refractivity contribution < 1.29 is 9.53 Å². The Morgan fingerprint density at radius 1 is 1.41 bits per heavy atom. The first-order valence-electron chi connectivity index (χ1n) is 7.27. The second-order valence-corrected chi connectivity index (χ2v) is 5.81. The summed E-state index contributed by atoms with van der Waals surface area (Å²) in [6, 6.07) is 7.37. The predicted octanol–water partition coefficient (Wildman–Crippen LogP) is 3.41. The number of ether oxygens (including phenoxy) is 1. The van der Waals surface area contributed by atoms with E-state index in [9.17, 15) is 4.79 Å². The Labute approximate surface area is 134 Å². The highest BCUT2D eigenvalue weighted by Gasteiger charge is 2.12. The van der Waals surface area contributed by atoms with E-state index in [1.807, 2.05) is 50.4 Å². The molecule has 118 valence electrons. The molecule has 2 amide bonds. The van der Waals surface area contributed by atoms with Crippen molar-refractivity contribution in [3.8, 4) is 5.75 Å². The highest BCUT2D eigenvalue weighted by Crippen LogP contribution is 2.18. The standard InChI is InChI=1S/C16H21N3O2S/c1-4-21-14-8-6-5-7-13(14)9-17-16(20)19-12(3)15-18-11(2)10-22-15/h5-8,10,12H,4,9H2,1-3H3,(H2,17,19,20)/t12-/m1/s1. The lowest BCUT2D eigenvalue weighted by Crippen LogP contribution is -2.36. The quantitative estimate of drug-likeness (QED) is 0.857. The number of thiazole rings is 1. The van der Waals surface area contributed by atoms with E-state index in [1.54, 1.807) is 11.3 Å². The minimum absolute atomic E-state index is 0.110. The van der Waals surface area contributed by atoms with Crippen LogP contribution >= 0.6 is 11.3 Å². The lowest BCUT2D eigenvalue weighted by molar-refractivity contribution is 0.237. The van der Waals surface area contributed by atoms with Crippen LogP contribution in [0.3, 0.4) is 0 Å². The number of nitrogens with one attached hydrogen (secondary N) is 2. The fraction of sp³-hybridized carbons (Fsp3) is 0.375. The highest BCUT2D eigenvalue weighted by molar-refractivity contribution is 7.09. The maximum Gasteiger partial charge on any atom is 0.315 e. The first-order valence-corrected chi connectivity index (χ1v) is 8.15. The number of aryl methyl sites for hydroxylation is 1. The van der Waals surface area contributed by atoms with Gasteiger partial charge in [0, 0.05) is 23.2 Å². The van der Waals surface area contributed by atoms with Crippen molar-refractivity contribution in [2.75, 3.05) is 6.61 Å². The molecule has 0 saturated heterocycles. The Balaban J connectivity index is 1.88. The second-order valence-electron chi connectivity index (χ2n) is 4.92. The minimum atomic E-state index is -0.216. The normalized spacial score (nSPS) is 11.8. The van der Waals surface area contributed by atoms with Crippen LogP contribution in [0.5, 0.6) is 5.75 Å². The third-order valence-electron chi connectivity index (χ3n) is 3.07. The van der Waals surface area contributed by atoms with Crippen molar-refractivity contribution in [1.29, 1.82) is 0 Å². The third-order valence-corrected chi connectivity index (χ3v) is 4.21. The first-order chi connectivity index (χ1) is 10.6. The molecule has 0 aliphatic rings. The lowest BCUT2D eigenvalue weighted by atomic mass is 10.2. The van der Waals surface area contributed by atoms with Crippen LogP contribution in [-0.4, -0.2) is 17.6 Å². The molecule has 0 radical (unpaired) electrons. The van der Waals surface area contributed by atoms with Gasteiger partial charge in [-0.1, -0.05) is 18.2 Å². The lowest BCUT2D eigenvalue weighted by Gasteiger charge is -2.14. The molecule has 2 rings (SSSR count). The monoisotopic (exact) mass is 319 g/mol. The van der Waals surface area contributed by atoms with Gasteiger partial charge in [0.05, 0.1) is 12.6 Å². The van der Waals surface area contributed by atoms with Crippen LogP contribution in [0.4, 0.5) is 4.79 Å². The maximum absolute atomic E-state index is 12.0. The molecular formula is C16H21N3O2S. The molecule has 1 aromatic carbocycles. The van der Waals surface area contributed by atoms with Crippen LogP contribution in [0, 0.1) is 6.92 Å². The number of hydrogen-bond donors (Lipinski definition) is 2. The number of urea groups is 1. The molecule has 0 saturated carbocycles. The number of benzene rings is 1. The molecule has 0 unspecified atom stereocenters. The summed E-state index contributed by atoms with van der Waals surface area (Å²) in [4.78, 5) is 16.4. The van der Waals surface area contributed by atoms with E-state index < -0.39 is 0 Å². The van der Waals surface area contributed by atoms with E-state index in [2.05, 4.69) is 15.6 Å². The molecule has 0 aliphatic carbocycles. The van der Waals surface area contributed by atoms with E-state index in [1.165, 1.54) is 0 Å². The Morgan fingerprint density at radius 3 is 2.86 bits per heavy atom. The van der Waals surface area contributed by atoms with Crippen molar-refractivity contribution in [1.82, 2.24) is 15.6 Å². The number of rotatable bonds is 6. The molecule has 2 aromatic rings. The van der Waals surface area contributed by atoms with Gasteiger partial charge in [-0.25, -0.2) is 9.78 Å². The molecule has 1 heterocycles. The number of carbonyl (C=O) groups is 1. The Kier molecular flexibility index (Phi) is 5.77. The van der Waals surface area contributed by atoms with Gasteiger partial charge < -0.3 is 15.4 Å². The third kappa shape index (κ3) is 4.46. The summed E-state index contributed by atoms with van der Waals surface area (Å²) in [6.07, 6.45) is 0. The molecule has 0 spiro atoms. The molecule has 0 fully saturated rings. The molecular weight excluding hydrogens is 298 g/mol. The smallest absolute Gasteiger partial charge is 0.315 e. The summed E-state index contributed by atoms with van der Waals surface area (Å²) in [7, 11) is 0. The van der Waals surface area contributed by atoms with Crippen molar-refractivity contribution in [3.05, 3.63) is 45.9 Å². The molecule has 0 aliphatic heterocycles. The van der Waals surface area contributed by atoms with Crippen LogP contribution in [0.1, 0.15) is 36.2 Å².